The van der Waals surface area contributed by atoms with Crippen molar-refractivity contribution in [3.05, 3.63) is 23.8 Å². The fraction of sp³-hybridized carbons (Fsp3) is 0.364. The van der Waals surface area contributed by atoms with E-state index in [-0.39, 0.29) is 0 Å². The van der Waals surface area contributed by atoms with Gasteiger partial charge >= 0.3 is 12.1 Å². The van der Waals surface area contributed by atoms with Crippen LogP contribution < -0.4 is 0 Å². The first kappa shape index (κ1) is 18.2. The smallest absolute Gasteiger partial charge is 0.414 e. The van der Waals surface area contributed by atoms with E-state index >= 15 is 0 Å². The van der Waals surface area contributed by atoms with Gasteiger partial charge in [-0.1, -0.05) is 0 Å². The van der Waals surface area contributed by atoms with Crippen molar-refractivity contribution in [3.8, 4) is 5.75 Å². The van der Waals surface area contributed by atoms with Gasteiger partial charge in [-0.05, 0) is 18.2 Å². The normalized spacial score (nSPS) is 13.7. The number of aliphatic hydroxyl groups is 1. The molecule has 124 valence electrons. The molecule has 0 spiro atoms. The first-order chi connectivity index (χ1) is 9.93. The Kier molecular flexibility index (Phi) is 5.38. The number of hydrogen-bond acceptors (Lipinski definition) is 7. The highest BCUT2D eigenvalue weighted by atomic mass is 32.2. The molecule has 22 heavy (non-hydrogen) atoms. The average Bonchev–Trinajstić information content (AvgIpc) is 2.36. The second kappa shape index (κ2) is 6.50. The highest BCUT2D eigenvalue weighted by molar-refractivity contribution is 7.85. The quantitative estimate of drug-likeness (QED) is 0.597. The highest BCUT2D eigenvalue weighted by Gasteiger charge is 2.37. The SMILES string of the molecule is O=C(OCCC(O)C(F)(F)F)c1cc(S(=O)(=O)[O-])ccc1O. The molecule has 1 aromatic rings. The molecule has 0 saturated carbocycles. The molecule has 0 radical (unpaired) electrons. The summed E-state index contributed by atoms with van der Waals surface area (Å²) in [5.74, 6) is -2.05. The second-order valence-corrected chi connectivity index (χ2v) is 5.49. The molecule has 0 aliphatic carbocycles. The fourth-order valence-corrected chi connectivity index (χ4v) is 1.84. The van der Waals surface area contributed by atoms with Crippen molar-refractivity contribution in [1.29, 1.82) is 0 Å². The molecule has 1 unspecified atom stereocenters. The summed E-state index contributed by atoms with van der Waals surface area (Å²) < 4.78 is 72.8. The molecular formula is C11H10F3O7S-. The largest absolute Gasteiger partial charge is 0.744 e. The van der Waals surface area contributed by atoms with Gasteiger partial charge in [0.05, 0.1) is 11.5 Å². The predicted molar refractivity (Wildman–Crippen MR) is 63.0 cm³/mol. The summed E-state index contributed by atoms with van der Waals surface area (Å²) in [5.41, 5.74) is -0.696. The number of phenols is 1. The number of aliphatic hydroxyl groups excluding tert-OH is 1. The summed E-state index contributed by atoms with van der Waals surface area (Å²) in [4.78, 5) is 10.7. The minimum absolute atomic E-state index is 0.542. The lowest BCUT2D eigenvalue weighted by atomic mass is 10.2. The summed E-state index contributed by atoms with van der Waals surface area (Å²) in [6, 6.07) is 2.05. The molecule has 0 aliphatic rings. The van der Waals surface area contributed by atoms with E-state index in [1.54, 1.807) is 0 Å². The zero-order valence-corrected chi connectivity index (χ0v) is 11.5. The molecule has 11 heteroatoms. The van der Waals surface area contributed by atoms with Gasteiger partial charge in [0, 0.05) is 6.42 Å². The van der Waals surface area contributed by atoms with Gasteiger partial charge in [0.15, 0.2) is 6.10 Å². The van der Waals surface area contributed by atoms with E-state index in [1.165, 1.54) is 0 Å². The number of aromatic hydroxyl groups is 1. The van der Waals surface area contributed by atoms with Crippen molar-refractivity contribution >= 4 is 16.1 Å². The summed E-state index contributed by atoms with van der Waals surface area (Å²) in [7, 11) is -4.89. The standard InChI is InChI=1S/C11H11F3O7S/c12-11(13,14)9(16)3-4-21-10(17)7-5-6(22(18,19)20)1-2-8(7)15/h1-2,5,9,15-16H,3-4H2,(H,18,19,20)/p-1. The van der Waals surface area contributed by atoms with Crippen LogP contribution in [0.3, 0.4) is 0 Å². The first-order valence-corrected chi connectivity index (χ1v) is 7.04. The van der Waals surface area contributed by atoms with Crippen LogP contribution in [0.5, 0.6) is 5.75 Å². The van der Waals surface area contributed by atoms with Gasteiger partial charge in [0.25, 0.3) is 0 Å². The molecule has 1 rings (SSSR count). The van der Waals surface area contributed by atoms with Crippen molar-refractivity contribution in [2.75, 3.05) is 6.61 Å². The maximum atomic E-state index is 12.0. The van der Waals surface area contributed by atoms with Gasteiger partial charge in [-0.2, -0.15) is 13.2 Å². The minimum atomic E-state index is -4.89. The van der Waals surface area contributed by atoms with Crippen LogP contribution in [0.25, 0.3) is 0 Å². The van der Waals surface area contributed by atoms with Crippen LogP contribution in [0.2, 0.25) is 0 Å². The minimum Gasteiger partial charge on any atom is -0.744 e. The first-order valence-electron chi connectivity index (χ1n) is 5.63. The number of benzene rings is 1. The van der Waals surface area contributed by atoms with Crippen molar-refractivity contribution in [2.24, 2.45) is 0 Å². The molecule has 2 N–H and O–H groups in total. The van der Waals surface area contributed by atoms with Gasteiger partial charge < -0.3 is 19.5 Å². The number of carbonyl (C=O) groups is 1. The van der Waals surface area contributed by atoms with Crippen molar-refractivity contribution in [3.63, 3.8) is 0 Å². The van der Waals surface area contributed by atoms with Crippen LogP contribution in [0, 0.1) is 0 Å². The Hall–Kier alpha value is -1.85. The zero-order chi connectivity index (χ0) is 17.1. The zero-order valence-electron chi connectivity index (χ0n) is 10.7. The summed E-state index contributed by atoms with van der Waals surface area (Å²) >= 11 is 0. The summed E-state index contributed by atoms with van der Waals surface area (Å²) in [6.45, 7) is -0.826. The van der Waals surface area contributed by atoms with Crippen LogP contribution in [0.4, 0.5) is 13.2 Å². The average molecular weight is 343 g/mol. The Labute approximate surface area is 122 Å². The maximum Gasteiger partial charge on any atom is 0.414 e. The molecule has 0 bridgehead atoms. The van der Waals surface area contributed by atoms with Crippen molar-refractivity contribution < 1.29 is 45.9 Å². The molecule has 0 aliphatic heterocycles. The molecular weight excluding hydrogens is 333 g/mol. The van der Waals surface area contributed by atoms with Crippen molar-refractivity contribution in [1.82, 2.24) is 0 Å². The number of ether oxygens (including phenoxy) is 1. The molecule has 0 aromatic heterocycles. The van der Waals surface area contributed by atoms with E-state index in [0.717, 1.165) is 12.1 Å². The topological polar surface area (TPSA) is 124 Å². The molecule has 0 saturated heterocycles. The van der Waals surface area contributed by atoms with Crippen molar-refractivity contribution in [2.45, 2.75) is 23.6 Å². The maximum absolute atomic E-state index is 12.0. The molecule has 0 amide bonds. The number of alkyl halides is 3. The third-order valence-electron chi connectivity index (χ3n) is 2.48. The number of carbonyl (C=O) groups excluding carboxylic acids is 1. The number of rotatable bonds is 5. The Bertz CT molecular complexity index is 654. The van der Waals surface area contributed by atoms with Gasteiger partial charge in [0.1, 0.15) is 21.4 Å². The summed E-state index contributed by atoms with van der Waals surface area (Å²) in [6.07, 6.45) is -8.50. The summed E-state index contributed by atoms with van der Waals surface area (Å²) in [5, 5.41) is 18.1. The lowest BCUT2D eigenvalue weighted by Crippen LogP contribution is -2.30. The molecule has 1 aromatic carbocycles. The lowest BCUT2D eigenvalue weighted by Gasteiger charge is -2.14. The molecule has 0 heterocycles. The molecule has 1 atom stereocenters. The Morgan fingerprint density at radius 2 is 1.95 bits per heavy atom. The van der Waals surface area contributed by atoms with E-state index in [0.29, 0.717) is 6.07 Å². The lowest BCUT2D eigenvalue weighted by molar-refractivity contribution is -0.207. The van der Waals surface area contributed by atoms with Gasteiger partial charge in [0.2, 0.25) is 0 Å². The Balaban J connectivity index is 2.78. The third kappa shape index (κ3) is 4.86. The number of phenolic OH excluding ortho intramolecular Hbond substituents is 1. The second-order valence-electron chi connectivity index (χ2n) is 4.12. The van der Waals surface area contributed by atoms with Gasteiger partial charge in [-0.3, -0.25) is 0 Å². The Morgan fingerprint density at radius 1 is 1.36 bits per heavy atom. The predicted octanol–water partition coefficient (Wildman–Crippen LogP) is 0.766. The van der Waals surface area contributed by atoms with E-state index in [4.69, 9.17) is 5.11 Å². The van der Waals surface area contributed by atoms with Crippen LogP contribution in [0.1, 0.15) is 16.8 Å². The third-order valence-corrected chi connectivity index (χ3v) is 3.31. The number of halogens is 3. The van der Waals surface area contributed by atoms with Gasteiger partial charge in [-0.15, -0.1) is 0 Å². The molecule has 7 nitrogen and oxygen atoms in total. The van der Waals surface area contributed by atoms with Crippen LogP contribution in [-0.2, 0) is 14.9 Å². The van der Waals surface area contributed by atoms with E-state index in [9.17, 15) is 36.0 Å². The van der Waals surface area contributed by atoms with Crippen LogP contribution in [0.15, 0.2) is 23.1 Å². The van der Waals surface area contributed by atoms with Gasteiger partial charge in [-0.25, -0.2) is 13.2 Å². The van der Waals surface area contributed by atoms with Crippen LogP contribution in [-0.4, -0.2) is 48.0 Å². The fourth-order valence-electron chi connectivity index (χ4n) is 1.34. The monoisotopic (exact) mass is 343 g/mol. The highest BCUT2D eigenvalue weighted by Crippen LogP contribution is 2.24. The number of hydrogen-bond donors (Lipinski definition) is 2. The van der Waals surface area contributed by atoms with E-state index in [2.05, 4.69) is 4.74 Å². The van der Waals surface area contributed by atoms with E-state index in [1.807, 2.05) is 0 Å². The molecule has 0 fully saturated rings. The number of esters is 1. The van der Waals surface area contributed by atoms with Crippen LogP contribution >= 0.6 is 0 Å². The van der Waals surface area contributed by atoms with E-state index < -0.39 is 57.6 Å². The Morgan fingerprint density at radius 3 is 2.45 bits per heavy atom.